The fourth-order valence-corrected chi connectivity index (χ4v) is 3.60. The van der Waals surface area contributed by atoms with E-state index in [1.54, 1.807) is 42.5 Å². The van der Waals surface area contributed by atoms with Crippen LogP contribution in [0.15, 0.2) is 78.9 Å². The molecule has 3 aromatic carbocycles. The molecule has 1 atom stereocenters. The van der Waals surface area contributed by atoms with E-state index in [-0.39, 0.29) is 17.9 Å². The Bertz CT molecular complexity index is 1060. The van der Waals surface area contributed by atoms with Crippen LogP contribution >= 0.6 is 0 Å². The Balaban J connectivity index is 1.44. The highest BCUT2D eigenvalue weighted by molar-refractivity contribution is 6.10. The van der Waals surface area contributed by atoms with Gasteiger partial charge >= 0.3 is 0 Å². The van der Waals surface area contributed by atoms with Crippen LogP contribution < -0.4 is 15.4 Å². The number of ether oxygens (including phenoxy) is 2. The first kappa shape index (κ1) is 21.6. The Morgan fingerprint density at radius 2 is 1.59 bits per heavy atom. The number of anilines is 1. The molecule has 6 heteroatoms. The van der Waals surface area contributed by atoms with Gasteiger partial charge in [-0.05, 0) is 42.7 Å². The van der Waals surface area contributed by atoms with Gasteiger partial charge in [-0.2, -0.15) is 0 Å². The molecule has 1 aliphatic heterocycles. The van der Waals surface area contributed by atoms with Crippen LogP contribution in [0.25, 0.3) is 0 Å². The van der Waals surface area contributed by atoms with Gasteiger partial charge in [0.25, 0.3) is 11.8 Å². The van der Waals surface area contributed by atoms with Gasteiger partial charge in [0.15, 0.2) is 0 Å². The number of carbonyl (C=O) groups is 2. The van der Waals surface area contributed by atoms with Crippen LogP contribution in [-0.2, 0) is 11.3 Å². The van der Waals surface area contributed by atoms with Crippen LogP contribution in [0.2, 0.25) is 0 Å². The van der Waals surface area contributed by atoms with E-state index in [2.05, 4.69) is 10.6 Å². The van der Waals surface area contributed by atoms with E-state index >= 15 is 0 Å². The van der Waals surface area contributed by atoms with Crippen molar-refractivity contribution in [3.63, 3.8) is 0 Å². The average Bonchev–Trinajstić information content (AvgIpc) is 3.36. The van der Waals surface area contributed by atoms with E-state index in [1.807, 2.05) is 36.4 Å². The minimum Gasteiger partial charge on any atom is -0.488 e. The first-order valence-electron chi connectivity index (χ1n) is 10.8. The van der Waals surface area contributed by atoms with Gasteiger partial charge in [0.1, 0.15) is 12.4 Å². The summed E-state index contributed by atoms with van der Waals surface area (Å²) in [6, 6.07) is 23.8. The summed E-state index contributed by atoms with van der Waals surface area (Å²) < 4.78 is 11.5. The molecule has 0 radical (unpaired) electrons. The van der Waals surface area contributed by atoms with Crippen LogP contribution in [0.1, 0.15) is 39.1 Å². The van der Waals surface area contributed by atoms with Crippen molar-refractivity contribution in [1.29, 1.82) is 0 Å². The summed E-state index contributed by atoms with van der Waals surface area (Å²) in [4.78, 5) is 25.8. The summed E-state index contributed by atoms with van der Waals surface area (Å²) >= 11 is 0. The van der Waals surface area contributed by atoms with E-state index in [9.17, 15) is 9.59 Å². The van der Waals surface area contributed by atoms with Crippen molar-refractivity contribution in [3.8, 4) is 5.75 Å². The van der Waals surface area contributed by atoms with Crippen LogP contribution in [0.5, 0.6) is 5.75 Å². The zero-order valence-electron chi connectivity index (χ0n) is 17.8. The SMILES string of the molecule is O=C(NCC1CCCO1)c1ccccc1NC(=O)c1ccccc1OCc1ccccc1. The van der Waals surface area contributed by atoms with Gasteiger partial charge < -0.3 is 20.1 Å². The van der Waals surface area contributed by atoms with Crippen LogP contribution in [0.3, 0.4) is 0 Å². The molecule has 164 valence electrons. The Morgan fingerprint density at radius 1 is 0.875 bits per heavy atom. The molecule has 3 aromatic rings. The van der Waals surface area contributed by atoms with Gasteiger partial charge in [0, 0.05) is 13.2 Å². The highest BCUT2D eigenvalue weighted by Crippen LogP contribution is 2.23. The second-order valence-electron chi connectivity index (χ2n) is 7.62. The van der Waals surface area contributed by atoms with Gasteiger partial charge in [0.05, 0.1) is 22.9 Å². The van der Waals surface area contributed by atoms with Crippen LogP contribution in [-0.4, -0.2) is 31.1 Å². The van der Waals surface area contributed by atoms with E-state index in [1.165, 1.54) is 0 Å². The maximum absolute atomic E-state index is 13.0. The topological polar surface area (TPSA) is 76.7 Å². The van der Waals surface area contributed by atoms with Crippen molar-refractivity contribution in [2.75, 3.05) is 18.5 Å². The summed E-state index contributed by atoms with van der Waals surface area (Å²) in [7, 11) is 0. The lowest BCUT2D eigenvalue weighted by molar-refractivity contribution is 0.0858. The van der Waals surface area contributed by atoms with Crippen molar-refractivity contribution in [2.45, 2.75) is 25.6 Å². The van der Waals surface area contributed by atoms with E-state index in [0.717, 1.165) is 25.0 Å². The Labute approximate surface area is 187 Å². The molecule has 0 aliphatic carbocycles. The quantitative estimate of drug-likeness (QED) is 0.554. The van der Waals surface area contributed by atoms with Crippen molar-refractivity contribution >= 4 is 17.5 Å². The molecule has 0 saturated carbocycles. The number of rotatable bonds is 8. The number of carbonyl (C=O) groups excluding carboxylic acids is 2. The smallest absolute Gasteiger partial charge is 0.259 e. The summed E-state index contributed by atoms with van der Waals surface area (Å²) in [6.07, 6.45) is 2.01. The molecule has 2 amide bonds. The molecule has 1 fully saturated rings. The molecule has 4 rings (SSSR count). The van der Waals surface area contributed by atoms with Crippen molar-refractivity contribution in [3.05, 3.63) is 95.6 Å². The molecule has 0 spiro atoms. The van der Waals surface area contributed by atoms with E-state index < -0.39 is 0 Å². The van der Waals surface area contributed by atoms with Crippen LogP contribution in [0, 0.1) is 0 Å². The second kappa shape index (κ2) is 10.6. The van der Waals surface area contributed by atoms with Gasteiger partial charge in [-0.1, -0.05) is 54.6 Å². The first-order valence-corrected chi connectivity index (χ1v) is 10.8. The lowest BCUT2D eigenvalue weighted by Gasteiger charge is -2.15. The fourth-order valence-electron chi connectivity index (χ4n) is 3.60. The summed E-state index contributed by atoms with van der Waals surface area (Å²) in [5.74, 6) is -0.104. The zero-order chi connectivity index (χ0) is 22.2. The molecule has 1 unspecified atom stereocenters. The molecule has 0 bridgehead atoms. The molecule has 0 aromatic heterocycles. The maximum atomic E-state index is 13.0. The third kappa shape index (κ3) is 5.53. The first-order chi connectivity index (χ1) is 15.7. The standard InChI is InChI=1S/C26H26N2O4/c29-25(27-17-20-11-8-16-31-20)21-12-4-6-14-23(21)28-26(30)22-13-5-7-15-24(22)32-18-19-9-2-1-3-10-19/h1-7,9-10,12-15,20H,8,11,16-18H2,(H,27,29)(H,28,30). The largest absolute Gasteiger partial charge is 0.488 e. The van der Waals surface area contributed by atoms with Gasteiger partial charge in [-0.15, -0.1) is 0 Å². The normalized spacial score (nSPS) is 15.2. The highest BCUT2D eigenvalue weighted by Gasteiger charge is 2.19. The molecule has 32 heavy (non-hydrogen) atoms. The molecular weight excluding hydrogens is 404 g/mol. The Kier molecular flexibility index (Phi) is 7.15. The lowest BCUT2D eigenvalue weighted by Crippen LogP contribution is -2.32. The zero-order valence-corrected chi connectivity index (χ0v) is 17.8. The second-order valence-corrected chi connectivity index (χ2v) is 7.62. The molecule has 1 saturated heterocycles. The van der Waals surface area contributed by atoms with E-state index in [4.69, 9.17) is 9.47 Å². The predicted octanol–water partition coefficient (Wildman–Crippen LogP) is 4.43. The molecule has 6 nitrogen and oxygen atoms in total. The number of benzene rings is 3. The predicted molar refractivity (Wildman–Crippen MR) is 123 cm³/mol. The fraction of sp³-hybridized carbons (Fsp3) is 0.231. The highest BCUT2D eigenvalue weighted by atomic mass is 16.5. The minimum atomic E-state index is -0.340. The molecule has 1 heterocycles. The number of hydrogen-bond donors (Lipinski definition) is 2. The van der Waals surface area contributed by atoms with E-state index in [0.29, 0.717) is 35.7 Å². The third-order valence-electron chi connectivity index (χ3n) is 5.30. The van der Waals surface area contributed by atoms with Gasteiger partial charge in [0.2, 0.25) is 0 Å². The minimum absolute atomic E-state index is 0.0503. The van der Waals surface area contributed by atoms with Crippen molar-refractivity contribution < 1.29 is 19.1 Å². The number of para-hydroxylation sites is 2. The van der Waals surface area contributed by atoms with Crippen molar-refractivity contribution in [1.82, 2.24) is 5.32 Å². The average molecular weight is 431 g/mol. The molecular formula is C26H26N2O4. The number of nitrogens with one attached hydrogen (secondary N) is 2. The summed E-state index contributed by atoms with van der Waals surface area (Å²) in [5, 5.41) is 5.77. The Morgan fingerprint density at radius 3 is 2.38 bits per heavy atom. The van der Waals surface area contributed by atoms with Gasteiger partial charge in [-0.25, -0.2) is 0 Å². The number of amides is 2. The van der Waals surface area contributed by atoms with Gasteiger partial charge in [-0.3, -0.25) is 9.59 Å². The maximum Gasteiger partial charge on any atom is 0.259 e. The van der Waals surface area contributed by atoms with Crippen LogP contribution in [0.4, 0.5) is 5.69 Å². The lowest BCUT2D eigenvalue weighted by atomic mass is 10.1. The molecule has 2 N–H and O–H groups in total. The monoisotopic (exact) mass is 430 g/mol. The third-order valence-corrected chi connectivity index (χ3v) is 5.30. The number of hydrogen-bond acceptors (Lipinski definition) is 4. The Hall–Kier alpha value is -3.64. The summed E-state index contributed by atoms with van der Waals surface area (Å²) in [5.41, 5.74) is 2.26. The summed E-state index contributed by atoms with van der Waals surface area (Å²) in [6.45, 7) is 1.55. The molecule has 1 aliphatic rings. The van der Waals surface area contributed by atoms with Crippen molar-refractivity contribution in [2.24, 2.45) is 0 Å².